The van der Waals surface area contributed by atoms with Crippen molar-refractivity contribution in [3.8, 4) is 0 Å². The molecule has 2 heterocycles. The number of hydrogen-bond acceptors (Lipinski definition) is 4. The van der Waals surface area contributed by atoms with Crippen LogP contribution in [0.15, 0.2) is 12.5 Å². The number of imidazole rings is 1. The molecule has 6 heteroatoms. The predicted molar refractivity (Wildman–Crippen MR) is 65.5 cm³/mol. The van der Waals surface area contributed by atoms with Gasteiger partial charge < -0.3 is 10.3 Å². The molecule has 6 nitrogen and oxygen atoms in total. The third kappa shape index (κ3) is 2.43. The molecule has 2 rings (SSSR count). The van der Waals surface area contributed by atoms with Gasteiger partial charge in [-0.1, -0.05) is 0 Å². The van der Waals surface area contributed by atoms with E-state index in [2.05, 4.69) is 4.98 Å². The molecular formula is C12H18N4O2. The van der Waals surface area contributed by atoms with Gasteiger partial charge in [-0.2, -0.15) is 0 Å². The Bertz CT molecular complexity index is 455. The Morgan fingerprint density at radius 2 is 2.39 bits per heavy atom. The van der Waals surface area contributed by atoms with Crippen LogP contribution in [0.2, 0.25) is 0 Å². The number of nitrogens with zero attached hydrogens (tertiary/aromatic N) is 3. The SMILES string of the molecule is CC(=O)N(CCN)C(=O)C1CCn2cncc2C1. The maximum atomic E-state index is 12.3. The molecule has 0 saturated heterocycles. The molecule has 1 aromatic rings. The maximum Gasteiger partial charge on any atom is 0.232 e. The number of nitrogens with two attached hydrogens (primary N) is 1. The van der Waals surface area contributed by atoms with E-state index in [1.807, 2.05) is 4.57 Å². The second kappa shape index (κ2) is 5.30. The number of aryl methyl sites for hydroxylation is 1. The number of rotatable bonds is 3. The van der Waals surface area contributed by atoms with Crippen molar-refractivity contribution in [2.75, 3.05) is 13.1 Å². The number of aromatic nitrogens is 2. The molecule has 1 aliphatic heterocycles. The Morgan fingerprint density at radius 1 is 1.61 bits per heavy atom. The second-order valence-corrected chi connectivity index (χ2v) is 4.57. The lowest BCUT2D eigenvalue weighted by molar-refractivity contribution is -0.146. The van der Waals surface area contributed by atoms with Crippen molar-refractivity contribution in [1.29, 1.82) is 0 Å². The minimum Gasteiger partial charge on any atom is -0.335 e. The van der Waals surface area contributed by atoms with E-state index in [4.69, 9.17) is 5.73 Å². The van der Waals surface area contributed by atoms with E-state index in [0.29, 0.717) is 19.5 Å². The van der Waals surface area contributed by atoms with Crippen LogP contribution in [0.25, 0.3) is 0 Å². The molecule has 0 aliphatic carbocycles. The van der Waals surface area contributed by atoms with Crippen molar-refractivity contribution in [2.24, 2.45) is 11.7 Å². The van der Waals surface area contributed by atoms with Gasteiger partial charge in [0.2, 0.25) is 11.8 Å². The Kier molecular flexibility index (Phi) is 3.76. The zero-order chi connectivity index (χ0) is 13.1. The van der Waals surface area contributed by atoms with Crippen molar-refractivity contribution in [3.05, 3.63) is 18.2 Å². The normalized spacial score (nSPS) is 18.2. The van der Waals surface area contributed by atoms with Gasteiger partial charge in [-0.3, -0.25) is 14.5 Å². The van der Waals surface area contributed by atoms with E-state index in [0.717, 1.165) is 18.7 Å². The first-order valence-corrected chi connectivity index (χ1v) is 6.14. The average Bonchev–Trinajstić information content (AvgIpc) is 2.81. The molecule has 98 valence electrons. The molecular weight excluding hydrogens is 232 g/mol. The van der Waals surface area contributed by atoms with Gasteiger partial charge in [-0.05, 0) is 6.42 Å². The lowest BCUT2D eigenvalue weighted by Crippen LogP contribution is -2.44. The third-order valence-corrected chi connectivity index (χ3v) is 3.32. The van der Waals surface area contributed by atoms with Crippen LogP contribution in [0.4, 0.5) is 0 Å². The van der Waals surface area contributed by atoms with Crippen LogP contribution in [0, 0.1) is 5.92 Å². The zero-order valence-corrected chi connectivity index (χ0v) is 10.5. The highest BCUT2D eigenvalue weighted by Crippen LogP contribution is 2.21. The number of carbonyl (C=O) groups is 2. The Labute approximate surface area is 106 Å². The molecule has 1 aliphatic rings. The molecule has 2 N–H and O–H groups in total. The quantitative estimate of drug-likeness (QED) is 0.804. The van der Waals surface area contributed by atoms with Crippen LogP contribution in [0.1, 0.15) is 19.0 Å². The summed E-state index contributed by atoms with van der Waals surface area (Å²) < 4.78 is 2.05. The highest BCUT2D eigenvalue weighted by Gasteiger charge is 2.29. The van der Waals surface area contributed by atoms with E-state index in [9.17, 15) is 9.59 Å². The van der Waals surface area contributed by atoms with Gasteiger partial charge in [0.1, 0.15) is 0 Å². The summed E-state index contributed by atoms with van der Waals surface area (Å²) in [5.41, 5.74) is 6.49. The monoisotopic (exact) mass is 250 g/mol. The Hall–Kier alpha value is -1.69. The summed E-state index contributed by atoms with van der Waals surface area (Å²) in [6, 6.07) is 0. The summed E-state index contributed by atoms with van der Waals surface area (Å²) >= 11 is 0. The van der Waals surface area contributed by atoms with Crippen LogP contribution in [-0.2, 0) is 22.6 Å². The first kappa shape index (κ1) is 12.8. The Morgan fingerprint density at radius 3 is 3.06 bits per heavy atom. The van der Waals surface area contributed by atoms with Crippen molar-refractivity contribution in [3.63, 3.8) is 0 Å². The third-order valence-electron chi connectivity index (χ3n) is 3.32. The van der Waals surface area contributed by atoms with E-state index < -0.39 is 0 Å². The number of hydrogen-bond donors (Lipinski definition) is 1. The van der Waals surface area contributed by atoms with Crippen molar-refractivity contribution >= 4 is 11.8 Å². The molecule has 0 bridgehead atoms. The summed E-state index contributed by atoms with van der Waals surface area (Å²) in [7, 11) is 0. The Balaban J connectivity index is 2.08. The van der Waals surface area contributed by atoms with Crippen LogP contribution in [-0.4, -0.2) is 39.4 Å². The van der Waals surface area contributed by atoms with Gasteiger partial charge in [0.25, 0.3) is 0 Å². The molecule has 0 fully saturated rings. The summed E-state index contributed by atoms with van der Waals surface area (Å²) in [6.45, 7) is 2.78. The molecule has 18 heavy (non-hydrogen) atoms. The summed E-state index contributed by atoms with van der Waals surface area (Å²) in [5, 5.41) is 0. The lowest BCUT2D eigenvalue weighted by Gasteiger charge is -2.27. The summed E-state index contributed by atoms with van der Waals surface area (Å²) in [4.78, 5) is 29.1. The fourth-order valence-corrected chi connectivity index (χ4v) is 2.35. The molecule has 0 radical (unpaired) electrons. The number of fused-ring (bicyclic) bond motifs is 1. The van der Waals surface area contributed by atoms with Crippen molar-refractivity contribution < 1.29 is 9.59 Å². The van der Waals surface area contributed by atoms with E-state index in [1.54, 1.807) is 12.5 Å². The van der Waals surface area contributed by atoms with E-state index in [-0.39, 0.29) is 17.7 Å². The van der Waals surface area contributed by atoms with Gasteiger partial charge >= 0.3 is 0 Å². The van der Waals surface area contributed by atoms with E-state index in [1.165, 1.54) is 11.8 Å². The minimum absolute atomic E-state index is 0.111. The van der Waals surface area contributed by atoms with Crippen LogP contribution >= 0.6 is 0 Å². The van der Waals surface area contributed by atoms with E-state index >= 15 is 0 Å². The minimum atomic E-state index is -0.232. The molecule has 0 spiro atoms. The smallest absolute Gasteiger partial charge is 0.232 e. The number of imide groups is 1. The first-order chi connectivity index (χ1) is 8.63. The average molecular weight is 250 g/mol. The largest absolute Gasteiger partial charge is 0.335 e. The molecule has 1 unspecified atom stereocenters. The predicted octanol–water partition coefficient (Wildman–Crippen LogP) is -0.221. The fourth-order valence-electron chi connectivity index (χ4n) is 2.35. The molecule has 1 aromatic heterocycles. The van der Waals surface area contributed by atoms with Crippen molar-refractivity contribution in [2.45, 2.75) is 26.3 Å². The maximum absolute atomic E-state index is 12.3. The van der Waals surface area contributed by atoms with Gasteiger partial charge in [-0.25, -0.2) is 4.98 Å². The fraction of sp³-hybridized carbons (Fsp3) is 0.583. The number of carbonyl (C=O) groups excluding carboxylic acids is 2. The zero-order valence-electron chi connectivity index (χ0n) is 10.5. The first-order valence-electron chi connectivity index (χ1n) is 6.14. The van der Waals surface area contributed by atoms with Crippen LogP contribution in [0.5, 0.6) is 0 Å². The van der Waals surface area contributed by atoms with Crippen molar-refractivity contribution in [1.82, 2.24) is 14.5 Å². The summed E-state index contributed by atoms with van der Waals surface area (Å²) in [5.74, 6) is -0.477. The molecule has 0 aromatic carbocycles. The highest BCUT2D eigenvalue weighted by atomic mass is 16.2. The van der Waals surface area contributed by atoms with Gasteiger partial charge in [-0.15, -0.1) is 0 Å². The molecule has 0 saturated carbocycles. The molecule has 2 amide bonds. The van der Waals surface area contributed by atoms with Gasteiger partial charge in [0.15, 0.2) is 0 Å². The topological polar surface area (TPSA) is 81.2 Å². The van der Waals surface area contributed by atoms with Gasteiger partial charge in [0.05, 0.1) is 6.33 Å². The second-order valence-electron chi connectivity index (χ2n) is 4.57. The molecule has 1 atom stereocenters. The van der Waals surface area contributed by atoms with Gasteiger partial charge in [0, 0.05) is 50.8 Å². The lowest BCUT2D eigenvalue weighted by atomic mass is 9.94. The standard InChI is InChI=1S/C12H18N4O2/c1-9(17)16(5-3-13)12(18)10-2-4-15-8-14-7-11(15)6-10/h7-8,10H,2-6,13H2,1H3. The van der Waals surface area contributed by atoms with Crippen LogP contribution in [0.3, 0.4) is 0 Å². The summed E-state index contributed by atoms with van der Waals surface area (Å²) in [6.07, 6.45) is 4.95. The number of amides is 2. The highest BCUT2D eigenvalue weighted by molar-refractivity contribution is 5.95. The van der Waals surface area contributed by atoms with Crippen LogP contribution < -0.4 is 5.73 Å².